The van der Waals surface area contributed by atoms with Crippen molar-refractivity contribution in [3.63, 3.8) is 0 Å². The van der Waals surface area contributed by atoms with Crippen LogP contribution < -0.4 is 5.56 Å². The summed E-state index contributed by atoms with van der Waals surface area (Å²) in [6, 6.07) is 12.6. The first kappa shape index (κ1) is 16.5. The van der Waals surface area contributed by atoms with E-state index in [1.165, 1.54) is 4.52 Å². The van der Waals surface area contributed by atoms with E-state index in [9.17, 15) is 9.90 Å². The lowest BCUT2D eigenvalue weighted by Gasteiger charge is -2.07. The number of hydrogen-bond acceptors (Lipinski definition) is 5. The molecule has 0 atom stereocenters. The van der Waals surface area contributed by atoms with E-state index in [2.05, 4.69) is 21.1 Å². The number of fused-ring (bicyclic) bond motifs is 1. The van der Waals surface area contributed by atoms with E-state index in [1.807, 2.05) is 19.1 Å². The van der Waals surface area contributed by atoms with Gasteiger partial charge in [-0.15, -0.1) is 0 Å². The zero-order valence-corrected chi connectivity index (χ0v) is 14.5. The maximum absolute atomic E-state index is 12.7. The van der Waals surface area contributed by atoms with Gasteiger partial charge in [-0.2, -0.15) is 14.9 Å². The van der Waals surface area contributed by atoms with Crippen molar-refractivity contribution in [1.82, 2.24) is 19.6 Å². The summed E-state index contributed by atoms with van der Waals surface area (Å²) in [6.45, 7) is 1.82. The van der Waals surface area contributed by atoms with Gasteiger partial charge in [0.05, 0.1) is 22.9 Å². The Balaban J connectivity index is 1.85. The monoisotopic (exact) mass is 357 g/mol. The Kier molecular flexibility index (Phi) is 3.94. The van der Waals surface area contributed by atoms with Crippen molar-refractivity contribution in [1.29, 1.82) is 5.26 Å². The average molecular weight is 357 g/mol. The predicted octanol–water partition coefficient (Wildman–Crippen LogP) is 2.56. The van der Waals surface area contributed by atoms with Crippen molar-refractivity contribution in [2.75, 3.05) is 0 Å². The van der Waals surface area contributed by atoms with Crippen molar-refractivity contribution in [3.8, 4) is 23.1 Å². The van der Waals surface area contributed by atoms with Crippen LogP contribution in [0.4, 0.5) is 0 Å². The van der Waals surface area contributed by atoms with Gasteiger partial charge in [0.2, 0.25) is 5.88 Å². The first-order chi connectivity index (χ1) is 13.1. The van der Waals surface area contributed by atoms with Crippen molar-refractivity contribution in [3.05, 3.63) is 81.5 Å². The minimum Gasteiger partial charge on any atom is -0.493 e. The summed E-state index contributed by atoms with van der Waals surface area (Å²) in [7, 11) is 0. The van der Waals surface area contributed by atoms with Crippen molar-refractivity contribution in [2.45, 2.75) is 13.3 Å². The van der Waals surface area contributed by atoms with Crippen molar-refractivity contribution in [2.24, 2.45) is 0 Å². The fourth-order valence-corrected chi connectivity index (χ4v) is 3.13. The second-order valence-corrected chi connectivity index (χ2v) is 6.20. The van der Waals surface area contributed by atoms with Crippen molar-refractivity contribution >= 4 is 5.65 Å². The third-order valence-corrected chi connectivity index (χ3v) is 4.47. The van der Waals surface area contributed by atoms with Crippen LogP contribution in [0.3, 0.4) is 0 Å². The molecule has 0 spiro atoms. The molecular formula is C20H15N5O2. The summed E-state index contributed by atoms with van der Waals surface area (Å²) in [5, 5.41) is 24.0. The minimum atomic E-state index is -0.375. The molecule has 0 radical (unpaired) electrons. The number of aromatic hydroxyl groups is 1. The highest BCUT2D eigenvalue weighted by molar-refractivity contribution is 5.79. The molecule has 0 saturated heterocycles. The van der Waals surface area contributed by atoms with E-state index in [0.29, 0.717) is 16.9 Å². The molecule has 0 fully saturated rings. The first-order valence-corrected chi connectivity index (χ1v) is 8.31. The molecule has 3 aromatic heterocycles. The Morgan fingerprint density at radius 2 is 1.89 bits per heavy atom. The van der Waals surface area contributed by atoms with Crippen LogP contribution in [0.5, 0.6) is 5.88 Å². The third-order valence-electron chi connectivity index (χ3n) is 4.47. The normalized spacial score (nSPS) is 10.8. The molecule has 4 aromatic rings. The van der Waals surface area contributed by atoms with Crippen LogP contribution in [0.25, 0.3) is 16.8 Å². The van der Waals surface area contributed by atoms with Crippen LogP contribution in [-0.4, -0.2) is 24.7 Å². The average Bonchev–Trinajstić information content (AvgIpc) is 3.02. The zero-order chi connectivity index (χ0) is 19.0. The molecule has 0 unspecified atom stereocenters. The maximum Gasteiger partial charge on any atom is 0.258 e. The van der Waals surface area contributed by atoms with E-state index in [1.54, 1.807) is 36.7 Å². The van der Waals surface area contributed by atoms with Gasteiger partial charge in [0, 0.05) is 24.4 Å². The maximum atomic E-state index is 12.7. The molecule has 132 valence electrons. The largest absolute Gasteiger partial charge is 0.493 e. The molecule has 7 heteroatoms. The molecule has 0 aliphatic carbocycles. The summed E-state index contributed by atoms with van der Waals surface area (Å²) >= 11 is 0. The van der Waals surface area contributed by atoms with Crippen LogP contribution in [0.15, 0.2) is 53.6 Å². The van der Waals surface area contributed by atoms with Crippen LogP contribution in [0.1, 0.15) is 22.4 Å². The highest BCUT2D eigenvalue weighted by Gasteiger charge is 2.19. The molecule has 3 heterocycles. The molecule has 7 nitrogen and oxygen atoms in total. The SMILES string of the molecule is Cc1nn2c(O)c(Cc3ccc(C#N)cc3)c(=O)[nH]c2c1-c1ccncc1. The number of rotatable bonds is 3. The van der Waals surface area contributed by atoms with Crippen molar-refractivity contribution < 1.29 is 5.11 Å². The summed E-state index contributed by atoms with van der Waals surface area (Å²) < 4.78 is 1.35. The van der Waals surface area contributed by atoms with Gasteiger partial charge in [-0.1, -0.05) is 12.1 Å². The van der Waals surface area contributed by atoms with E-state index >= 15 is 0 Å². The van der Waals surface area contributed by atoms with Gasteiger partial charge in [0.1, 0.15) is 5.65 Å². The minimum absolute atomic E-state index is 0.193. The molecule has 0 aliphatic rings. The third kappa shape index (κ3) is 2.83. The summed E-state index contributed by atoms with van der Waals surface area (Å²) in [5.41, 5.74) is 3.91. The molecule has 0 bridgehead atoms. The van der Waals surface area contributed by atoms with Crippen LogP contribution >= 0.6 is 0 Å². The molecule has 27 heavy (non-hydrogen) atoms. The fourth-order valence-electron chi connectivity index (χ4n) is 3.13. The van der Waals surface area contributed by atoms with Crippen LogP contribution in [0.2, 0.25) is 0 Å². The predicted molar refractivity (Wildman–Crippen MR) is 99.4 cm³/mol. The number of nitrogens with one attached hydrogen (secondary N) is 1. The number of aromatic nitrogens is 4. The molecule has 1 aromatic carbocycles. The second-order valence-electron chi connectivity index (χ2n) is 6.20. The van der Waals surface area contributed by atoms with E-state index in [0.717, 1.165) is 16.7 Å². The lowest BCUT2D eigenvalue weighted by molar-refractivity contribution is 0.427. The number of H-pyrrole nitrogens is 1. The summed E-state index contributed by atoms with van der Waals surface area (Å²) in [5.74, 6) is -0.193. The highest BCUT2D eigenvalue weighted by atomic mass is 16.3. The van der Waals surface area contributed by atoms with Gasteiger partial charge in [-0.05, 0) is 42.3 Å². The summed E-state index contributed by atoms with van der Waals surface area (Å²) in [4.78, 5) is 19.5. The lowest BCUT2D eigenvalue weighted by atomic mass is 10.1. The van der Waals surface area contributed by atoms with Gasteiger partial charge < -0.3 is 10.1 Å². The Bertz CT molecular complexity index is 1230. The molecule has 0 aliphatic heterocycles. The number of nitrogens with zero attached hydrogens (tertiary/aromatic N) is 4. The number of pyridine rings is 1. The fraction of sp³-hybridized carbons (Fsp3) is 0.100. The smallest absolute Gasteiger partial charge is 0.258 e. The lowest BCUT2D eigenvalue weighted by Crippen LogP contribution is -2.16. The quantitative estimate of drug-likeness (QED) is 0.586. The Hall–Kier alpha value is -3.92. The van der Waals surface area contributed by atoms with E-state index < -0.39 is 0 Å². The Morgan fingerprint density at radius 3 is 2.56 bits per heavy atom. The second kappa shape index (κ2) is 6.42. The topological polar surface area (TPSA) is 107 Å². The number of aromatic amines is 1. The van der Waals surface area contributed by atoms with Gasteiger partial charge in [0.15, 0.2) is 0 Å². The van der Waals surface area contributed by atoms with Gasteiger partial charge >= 0.3 is 0 Å². The number of benzene rings is 1. The number of aryl methyl sites for hydroxylation is 1. The van der Waals surface area contributed by atoms with Gasteiger partial charge in [-0.25, -0.2) is 0 Å². The Labute approximate surface area is 154 Å². The zero-order valence-electron chi connectivity index (χ0n) is 14.5. The molecule has 0 amide bonds. The molecule has 2 N–H and O–H groups in total. The first-order valence-electron chi connectivity index (χ1n) is 8.31. The highest BCUT2D eigenvalue weighted by Crippen LogP contribution is 2.29. The standard InChI is InChI=1S/C20H15N5O2/c1-12-17(15-6-8-22-9-7-15)18-23-19(26)16(20(27)25(18)24-12)10-13-2-4-14(11-21)5-3-13/h2-9,27H,10H2,1H3,(H,23,26). The molecule has 0 saturated carbocycles. The van der Waals surface area contributed by atoms with Crippen LogP contribution in [0, 0.1) is 18.3 Å². The van der Waals surface area contributed by atoms with E-state index in [4.69, 9.17) is 5.26 Å². The number of hydrogen-bond donors (Lipinski definition) is 2. The Morgan fingerprint density at radius 1 is 1.19 bits per heavy atom. The van der Waals surface area contributed by atoms with Gasteiger partial charge in [0.25, 0.3) is 5.56 Å². The number of nitriles is 1. The molecule has 4 rings (SSSR count). The van der Waals surface area contributed by atoms with Crippen LogP contribution in [-0.2, 0) is 6.42 Å². The summed E-state index contributed by atoms with van der Waals surface area (Å²) in [6.07, 6.45) is 3.55. The van der Waals surface area contributed by atoms with Gasteiger partial charge in [-0.3, -0.25) is 9.78 Å². The van der Waals surface area contributed by atoms with E-state index in [-0.39, 0.29) is 23.4 Å². The molecular weight excluding hydrogens is 342 g/mol.